The van der Waals surface area contributed by atoms with E-state index in [1.54, 1.807) is 0 Å². The molecule has 0 unspecified atom stereocenters. The molecule has 3 nitrogen and oxygen atoms in total. The molecule has 0 N–H and O–H groups in total. The van der Waals surface area contributed by atoms with Gasteiger partial charge in [0.2, 0.25) is 0 Å². The fraction of sp³-hybridized carbons (Fsp3) is 0.412. The van der Waals surface area contributed by atoms with Gasteiger partial charge in [-0.2, -0.15) is 4.40 Å². The Morgan fingerprint density at radius 1 is 1.15 bits per heavy atom. The number of aryl methyl sites for hydroxylation is 3. The predicted molar refractivity (Wildman–Crippen MR) is 81.9 cm³/mol. The fourth-order valence-corrected chi connectivity index (χ4v) is 3.21. The molecule has 3 heteroatoms. The summed E-state index contributed by atoms with van der Waals surface area (Å²) in [5, 5.41) is 1.31. The van der Waals surface area contributed by atoms with E-state index in [1.165, 1.54) is 40.5 Å². The van der Waals surface area contributed by atoms with Crippen LogP contribution in [0.25, 0.3) is 16.6 Å². The van der Waals surface area contributed by atoms with E-state index in [2.05, 4.69) is 53.3 Å². The van der Waals surface area contributed by atoms with E-state index in [0.717, 1.165) is 12.8 Å². The van der Waals surface area contributed by atoms with E-state index < -0.39 is 0 Å². The molecule has 0 aliphatic rings. The maximum absolute atomic E-state index is 4.35. The number of pyridine rings is 2. The molecule has 20 heavy (non-hydrogen) atoms. The second-order valence-corrected chi connectivity index (χ2v) is 5.45. The van der Waals surface area contributed by atoms with Crippen LogP contribution in [-0.4, -0.2) is 9.38 Å². The highest BCUT2D eigenvalue weighted by Gasteiger charge is 2.21. The van der Waals surface area contributed by atoms with Crippen molar-refractivity contribution < 1.29 is 4.57 Å². The van der Waals surface area contributed by atoms with Crippen LogP contribution in [0.3, 0.4) is 0 Å². The highest BCUT2D eigenvalue weighted by atomic mass is 15.1. The van der Waals surface area contributed by atoms with Gasteiger partial charge in [0.1, 0.15) is 17.9 Å². The molecule has 0 aliphatic carbocycles. The molecule has 3 rings (SSSR count). The molecule has 0 saturated carbocycles. The molecule has 3 aromatic rings. The van der Waals surface area contributed by atoms with Crippen LogP contribution in [0.1, 0.15) is 37.8 Å². The number of fused-ring (bicyclic) bond motifs is 3. The van der Waals surface area contributed by atoms with Crippen LogP contribution < -0.4 is 4.57 Å². The fourth-order valence-electron chi connectivity index (χ4n) is 3.21. The Labute approximate surface area is 119 Å². The van der Waals surface area contributed by atoms with Gasteiger partial charge in [-0.1, -0.05) is 26.7 Å². The topological polar surface area (TPSA) is 21.2 Å². The van der Waals surface area contributed by atoms with E-state index in [-0.39, 0.29) is 0 Å². The minimum Gasteiger partial charge on any atom is -0.264 e. The maximum atomic E-state index is 4.35. The zero-order chi connectivity index (χ0) is 14.1. The predicted octanol–water partition coefficient (Wildman–Crippen LogP) is 3.22. The van der Waals surface area contributed by atoms with Crippen LogP contribution in [0.15, 0.2) is 30.9 Å². The molecule has 0 amide bonds. The maximum Gasteiger partial charge on any atom is 0.290 e. The van der Waals surface area contributed by atoms with Crippen LogP contribution in [0, 0.1) is 0 Å². The largest absolute Gasteiger partial charge is 0.290 e. The van der Waals surface area contributed by atoms with E-state index in [9.17, 15) is 0 Å². The number of aromatic nitrogens is 3. The van der Waals surface area contributed by atoms with Crippen molar-refractivity contribution >= 4 is 16.6 Å². The van der Waals surface area contributed by atoms with Crippen molar-refractivity contribution in [3.63, 3.8) is 0 Å². The number of imidazole rings is 1. The summed E-state index contributed by atoms with van der Waals surface area (Å²) in [6, 6.07) is 2.12. The summed E-state index contributed by atoms with van der Waals surface area (Å²) in [5.41, 5.74) is 5.56. The summed E-state index contributed by atoms with van der Waals surface area (Å²) in [5.74, 6) is 0. The second kappa shape index (κ2) is 5.23. The Balaban J connectivity index is 2.49. The molecule has 104 valence electrons. The average molecular weight is 268 g/mol. The van der Waals surface area contributed by atoms with Crippen LogP contribution in [0.4, 0.5) is 0 Å². The van der Waals surface area contributed by atoms with Gasteiger partial charge >= 0.3 is 0 Å². The summed E-state index contributed by atoms with van der Waals surface area (Å²) < 4.78 is 4.55. The third-order valence-electron chi connectivity index (χ3n) is 4.02. The first-order valence-electron chi connectivity index (χ1n) is 7.52. The summed E-state index contributed by atoms with van der Waals surface area (Å²) in [4.78, 5) is 4.35. The Bertz CT molecular complexity index is 756. The van der Waals surface area contributed by atoms with Crippen molar-refractivity contribution in [2.75, 3.05) is 0 Å². The van der Waals surface area contributed by atoms with Gasteiger partial charge in [-0.25, -0.2) is 4.57 Å². The lowest BCUT2D eigenvalue weighted by atomic mass is 9.97. The van der Waals surface area contributed by atoms with Crippen molar-refractivity contribution in [1.82, 2.24) is 9.38 Å². The van der Waals surface area contributed by atoms with Crippen molar-refractivity contribution in [1.29, 1.82) is 0 Å². The van der Waals surface area contributed by atoms with E-state index in [1.807, 2.05) is 12.4 Å². The van der Waals surface area contributed by atoms with Gasteiger partial charge in [0, 0.05) is 29.4 Å². The van der Waals surface area contributed by atoms with Gasteiger partial charge in [-0.05, 0) is 18.4 Å². The molecule has 0 aromatic carbocycles. The summed E-state index contributed by atoms with van der Waals surface area (Å²) in [6.45, 7) is 4.50. The first kappa shape index (κ1) is 13.1. The number of nitrogens with zero attached hydrogens (tertiary/aromatic N) is 3. The first-order chi connectivity index (χ1) is 9.77. The minimum atomic E-state index is 1.12. The summed E-state index contributed by atoms with van der Waals surface area (Å²) in [6.07, 6.45) is 12.8. The van der Waals surface area contributed by atoms with Gasteiger partial charge in [-0.3, -0.25) is 4.98 Å². The quantitative estimate of drug-likeness (QED) is 0.666. The molecule has 0 atom stereocenters. The number of hydrogen-bond donors (Lipinski definition) is 0. The smallest absolute Gasteiger partial charge is 0.264 e. The zero-order valence-electron chi connectivity index (χ0n) is 12.6. The molecule has 0 fully saturated rings. The van der Waals surface area contributed by atoms with Gasteiger partial charge in [0.25, 0.3) is 5.65 Å². The third kappa shape index (κ3) is 1.89. The van der Waals surface area contributed by atoms with E-state index in [4.69, 9.17) is 0 Å². The van der Waals surface area contributed by atoms with E-state index >= 15 is 0 Å². The van der Waals surface area contributed by atoms with Crippen LogP contribution in [0.5, 0.6) is 0 Å². The molecular formula is C17H22N3+. The number of rotatable bonds is 4. The highest BCUT2D eigenvalue weighted by Crippen LogP contribution is 2.27. The molecule has 3 heterocycles. The SMILES string of the molecule is CCCc1c(CCC)c2n(cc[n+]2C)c2ccncc12. The standard InChI is InChI=1S/C17H22N3/c1-4-6-13-14(7-5-2)17-19(3)10-11-20(17)16-8-9-18-12-15(13)16/h8-12H,4-7H2,1-3H3/q+1. The van der Waals surface area contributed by atoms with Crippen LogP contribution in [-0.2, 0) is 19.9 Å². The lowest BCUT2D eigenvalue weighted by Gasteiger charge is -2.11. The average Bonchev–Trinajstić information content (AvgIpc) is 2.85. The lowest BCUT2D eigenvalue weighted by molar-refractivity contribution is -0.644. The van der Waals surface area contributed by atoms with Crippen molar-refractivity contribution in [3.05, 3.63) is 42.0 Å². The minimum absolute atomic E-state index is 1.12. The van der Waals surface area contributed by atoms with Crippen molar-refractivity contribution in [2.45, 2.75) is 39.5 Å². The third-order valence-corrected chi connectivity index (χ3v) is 4.02. The highest BCUT2D eigenvalue weighted by molar-refractivity contribution is 5.86. The molecular weight excluding hydrogens is 246 g/mol. The Morgan fingerprint density at radius 2 is 1.90 bits per heavy atom. The van der Waals surface area contributed by atoms with Crippen LogP contribution >= 0.6 is 0 Å². The van der Waals surface area contributed by atoms with Gasteiger partial charge < -0.3 is 0 Å². The Morgan fingerprint density at radius 3 is 2.65 bits per heavy atom. The Hall–Kier alpha value is -1.90. The molecule has 0 radical (unpaired) electrons. The van der Waals surface area contributed by atoms with Gasteiger partial charge in [0.05, 0.1) is 7.05 Å². The van der Waals surface area contributed by atoms with E-state index in [0.29, 0.717) is 0 Å². The summed E-state index contributed by atoms with van der Waals surface area (Å²) in [7, 11) is 2.14. The van der Waals surface area contributed by atoms with Crippen molar-refractivity contribution in [2.24, 2.45) is 7.05 Å². The van der Waals surface area contributed by atoms with Crippen molar-refractivity contribution in [3.8, 4) is 0 Å². The first-order valence-corrected chi connectivity index (χ1v) is 7.52. The van der Waals surface area contributed by atoms with Gasteiger partial charge in [0.15, 0.2) is 0 Å². The second-order valence-electron chi connectivity index (χ2n) is 5.45. The van der Waals surface area contributed by atoms with Crippen LogP contribution in [0.2, 0.25) is 0 Å². The zero-order valence-corrected chi connectivity index (χ0v) is 12.6. The number of hydrogen-bond acceptors (Lipinski definition) is 1. The monoisotopic (exact) mass is 268 g/mol. The normalized spacial score (nSPS) is 11.6. The Kier molecular flexibility index (Phi) is 3.43. The summed E-state index contributed by atoms with van der Waals surface area (Å²) >= 11 is 0. The molecule has 0 saturated heterocycles. The molecule has 3 aromatic heterocycles. The molecule has 0 bridgehead atoms. The lowest BCUT2D eigenvalue weighted by Crippen LogP contribution is -2.27. The molecule has 0 spiro atoms. The van der Waals surface area contributed by atoms with Gasteiger partial charge in [-0.15, -0.1) is 0 Å². The molecule has 0 aliphatic heterocycles.